The fraction of sp³-hybridized carbons (Fsp3) is 0.160. The number of hydrogen-bond donors (Lipinski definition) is 1. The number of ether oxygens (including phenoxy) is 1. The molecule has 1 heterocycles. The monoisotopic (exact) mass is 448 g/mol. The summed E-state index contributed by atoms with van der Waals surface area (Å²) in [6.07, 6.45) is 0.356. The number of esters is 1. The van der Waals surface area contributed by atoms with Crippen molar-refractivity contribution in [2.75, 3.05) is 12.4 Å². The molecule has 32 heavy (non-hydrogen) atoms. The number of fused-ring (bicyclic) bond motifs is 1. The Bertz CT molecular complexity index is 1180. The molecule has 2 amide bonds. The first-order chi connectivity index (χ1) is 15.5. The van der Waals surface area contributed by atoms with E-state index in [1.54, 1.807) is 35.2 Å². The summed E-state index contributed by atoms with van der Waals surface area (Å²) >= 11 is 6.09. The van der Waals surface area contributed by atoms with Crippen LogP contribution in [0.3, 0.4) is 0 Å². The molecule has 162 valence electrons. The number of rotatable bonds is 4. The van der Waals surface area contributed by atoms with Gasteiger partial charge in [0.2, 0.25) is 5.91 Å². The molecule has 0 spiro atoms. The highest BCUT2D eigenvalue weighted by atomic mass is 35.5. The Kier molecular flexibility index (Phi) is 6.23. The van der Waals surface area contributed by atoms with Gasteiger partial charge < -0.3 is 15.0 Å². The first kappa shape index (κ1) is 21.6. The molecule has 1 unspecified atom stereocenters. The van der Waals surface area contributed by atoms with E-state index in [0.717, 1.165) is 11.1 Å². The summed E-state index contributed by atoms with van der Waals surface area (Å²) in [4.78, 5) is 40.4. The van der Waals surface area contributed by atoms with Crippen LogP contribution in [-0.4, -0.2) is 35.8 Å². The summed E-state index contributed by atoms with van der Waals surface area (Å²) < 4.78 is 4.81. The molecule has 6 nitrogen and oxygen atoms in total. The highest BCUT2D eigenvalue weighted by Gasteiger charge is 2.35. The molecule has 3 aromatic carbocycles. The van der Waals surface area contributed by atoms with Crippen LogP contribution in [0.4, 0.5) is 5.69 Å². The summed E-state index contributed by atoms with van der Waals surface area (Å²) in [7, 11) is 1.26. The SMILES string of the molecule is COC(=O)c1ccc(Cl)cc1NC(=O)C1Cc2ccccc2CN1C(=O)c1ccccc1. The number of benzene rings is 3. The predicted molar refractivity (Wildman–Crippen MR) is 122 cm³/mol. The van der Waals surface area contributed by atoms with Crippen molar-refractivity contribution in [1.29, 1.82) is 0 Å². The zero-order valence-corrected chi connectivity index (χ0v) is 18.1. The largest absolute Gasteiger partial charge is 0.465 e. The lowest BCUT2D eigenvalue weighted by Gasteiger charge is -2.36. The zero-order chi connectivity index (χ0) is 22.7. The van der Waals surface area contributed by atoms with Gasteiger partial charge in [0.15, 0.2) is 0 Å². The normalized spacial score (nSPS) is 14.9. The molecule has 3 aromatic rings. The number of carbonyl (C=O) groups excluding carboxylic acids is 3. The molecule has 0 saturated carbocycles. The van der Waals surface area contributed by atoms with E-state index in [4.69, 9.17) is 16.3 Å². The lowest BCUT2D eigenvalue weighted by atomic mass is 9.92. The molecule has 7 heteroatoms. The van der Waals surface area contributed by atoms with E-state index in [1.165, 1.54) is 19.2 Å². The van der Waals surface area contributed by atoms with Gasteiger partial charge in [-0.05, 0) is 41.5 Å². The first-order valence-corrected chi connectivity index (χ1v) is 10.5. The summed E-state index contributed by atoms with van der Waals surface area (Å²) in [5.41, 5.74) is 2.92. The third-order valence-electron chi connectivity index (χ3n) is 5.48. The van der Waals surface area contributed by atoms with Gasteiger partial charge in [0.25, 0.3) is 5.91 Å². The molecule has 1 aliphatic heterocycles. The van der Waals surface area contributed by atoms with Gasteiger partial charge >= 0.3 is 5.97 Å². The molecule has 4 rings (SSSR count). The highest BCUT2D eigenvalue weighted by Crippen LogP contribution is 2.27. The van der Waals surface area contributed by atoms with Crippen LogP contribution in [0.15, 0.2) is 72.8 Å². The standard InChI is InChI=1S/C25H21ClN2O4/c1-32-25(31)20-12-11-19(26)14-21(20)27-23(29)22-13-17-9-5-6-10-18(17)15-28(22)24(30)16-7-3-2-4-8-16/h2-12,14,22H,13,15H2,1H3,(H,27,29). The Morgan fingerprint density at radius 1 is 0.969 bits per heavy atom. The molecule has 0 bridgehead atoms. The topological polar surface area (TPSA) is 75.7 Å². The molecule has 0 aromatic heterocycles. The maximum atomic E-state index is 13.4. The molecule has 1 atom stereocenters. The minimum atomic E-state index is -0.762. The second-order valence-electron chi connectivity index (χ2n) is 7.46. The molecular weight excluding hydrogens is 428 g/mol. The average molecular weight is 449 g/mol. The van der Waals surface area contributed by atoms with Crippen molar-refractivity contribution in [3.63, 3.8) is 0 Å². The predicted octanol–water partition coefficient (Wildman–Crippen LogP) is 4.33. The number of nitrogens with zero attached hydrogens (tertiary/aromatic N) is 1. The third-order valence-corrected chi connectivity index (χ3v) is 5.71. The number of nitrogens with one attached hydrogen (secondary N) is 1. The van der Waals surface area contributed by atoms with E-state index in [-0.39, 0.29) is 17.2 Å². The Labute approximate surface area is 190 Å². The van der Waals surface area contributed by atoms with Crippen LogP contribution >= 0.6 is 11.6 Å². The van der Waals surface area contributed by atoms with E-state index < -0.39 is 17.9 Å². The number of methoxy groups -OCH3 is 1. The Morgan fingerprint density at radius 3 is 2.38 bits per heavy atom. The van der Waals surface area contributed by atoms with Crippen molar-refractivity contribution in [3.05, 3.63) is 100 Å². The lowest BCUT2D eigenvalue weighted by Crippen LogP contribution is -2.50. The first-order valence-electron chi connectivity index (χ1n) is 10.1. The van der Waals surface area contributed by atoms with Crippen molar-refractivity contribution in [2.24, 2.45) is 0 Å². The smallest absolute Gasteiger partial charge is 0.339 e. The van der Waals surface area contributed by atoms with Gasteiger partial charge in [0.1, 0.15) is 6.04 Å². The van der Waals surface area contributed by atoms with Crippen LogP contribution < -0.4 is 5.32 Å². The molecule has 1 N–H and O–H groups in total. The number of amides is 2. The number of carbonyl (C=O) groups is 3. The number of anilines is 1. The fourth-order valence-corrected chi connectivity index (χ4v) is 4.01. The van der Waals surface area contributed by atoms with Gasteiger partial charge in [0.05, 0.1) is 18.4 Å². The molecule has 0 saturated heterocycles. The Morgan fingerprint density at radius 2 is 1.66 bits per heavy atom. The molecule has 0 fully saturated rings. The Balaban J connectivity index is 1.68. The number of hydrogen-bond acceptors (Lipinski definition) is 4. The van der Waals surface area contributed by atoms with Gasteiger partial charge in [-0.25, -0.2) is 4.79 Å². The summed E-state index contributed by atoms with van der Waals surface area (Å²) in [5.74, 6) is -1.24. The minimum absolute atomic E-state index is 0.183. The lowest BCUT2D eigenvalue weighted by molar-refractivity contribution is -0.121. The number of halogens is 1. The van der Waals surface area contributed by atoms with E-state index in [9.17, 15) is 14.4 Å². The molecule has 0 aliphatic carbocycles. The van der Waals surface area contributed by atoms with Gasteiger partial charge in [-0.15, -0.1) is 0 Å². The maximum Gasteiger partial charge on any atom is 0.339 e. The maximum absolute atomic E-state index is 13.4. The fourth-order valence-electron chi connectivity index (χ4n) is 3.84. The molecular formula is C25H21ClN2O4. The summed E-state index contributed by atoms with van der Waals surface area (Å²) in [5, 5.41) is 3.15. The second-order valence-corrected chi connectivity index (χ2v) is 7.89. The highest BCUT2D eigenvalue weighted by molar-refractivity contribution is 6.31. The van der Waals surface area contributed by atoms with Crippen LogP contribution in [0, 0.1) is 0 Å². The van der Waals surface area contributed by atoms with E-state index >= 15 is 0 Å². The third kappa shape index (κ3) is 4.36. The van der Waals surface area contributed by atoms with Gasteiger partial charge in [0, 0.05) is 23.6 Å². The van der Waals surface area contributed by atoms with Crippen LogP contribution in [0.5, 0.6) is 0 Å². The van der Waals surface area contributed by atoms with E-state index in [0.29, 0.717) is 23.6 Å². The molecule has 0 radical (unpaired) electrons. The summed E-state index contributed by atoms with van der Waals surface area (Å²) in [6.45, 7) is 0.307. The Hall–Kier alpha value is -3.64. The van der Waals surface area contributed by atoms with Gasteiger partial charge in [-0.1, -0.05) is 54.1 Å². The average Bonchev–Trinajstić information content (AvgIpc) is 2.83. The zero-order valence-electron chi connectivity index (χ0n) is 17.4. The van der Waals surface area contributed by atoms with Gasteiger partial charge in [-0.2, -0.15) is 0 Å². The van der Waals surface area contributed by atoms with Crippen molar-refractivity contribution in [1.82, 2.24) is 4.90 Å². The van der Waals surface area contributed by atoms with Crippen LogP contribution in [-0.2, 0) is 22.5 Å². The van der Waals surface area contributed by atoms with Crippen molar-refractivity contribution >= 4 is 35.1 Å². The van der Waals surface area contributed by atoms with Gasteiger partial charge in [-0.3, -0.25) is 9.59 Å². The second kappa shape index (κ2) is 9.24. The van der Waals surface area contributed by atoms with E-state index in [1.807, 2.05) is 30.3 Å². The van der Waals surface area contributed by atoms with Crippen LogP contribution in [0.25, 0.3) is 0 Å². The van der Waals surface area contributed by atoms with Crippen LogP contribution in [0.1, 0.15) is 31.8 Å². The van der Waals surface area contributed by atoms with Crippen LogP contribution in [0.2, 0.25) is 5.02 Å². The van der Waals surface area contributed by atoms with Crippen molar-refractivity contribution < 1.29 is 19.1 Å². The van der Waals surface area contributed by atoms with Crippen molar-refractivity contribution in [2.45, 2.75) is 19.0 Å². The molecule has 1 aliphatic rings. The summed E-state index contributed by atoms with van der Waals surface area (Å²) in [6, 6.07) is 20.4. The quantitative estimate of drug-likeness (QED) is 0.603. The minimum Gasteiger partial charge on any atom is -0.465 e. The van der Waals surface area contributed by atoms with E-state index in [2.05, 4.69) is 5.32 Å². The van der Waals surface area contributed by atoms with Crippen molar-refractivity contribution in [3.8, 4) is 0 Å².